The van der Waals surface area contributed by atoms with Gasteiger partial charge < -0.3 is 10.6 Å². The Bertz CT molecular complexity index is 352. The number of anilines is 1. The van der Waals surface area contributed by atoms with Crippen LogP contribution in [-0.4, -0.2) is 24.5 Å². The first kappa shape index (κ1) is 11.5. The second-order valence-electron chi connectivity index (χ2n) is 4.83. The van der Waals surface area contributed by atoms with Gasteiger partial charge in [0, 0.05) is 17.6 Å². The Morgan fingerprint density at radius 2 is 1.81 bits per heavy atom. The molecule has 0 aliphatic heterocycles. The quantitative estimate of drug-likeness (QED) is 0.770. The summed E-state index contributed by atoms with van der Waals surface area (Å²) in [5, 5.41) is 0. The van der Waals surface area contributed by atoms with Gasteiger partial charge in [-0.05, 0) is 37.6 Å². The van der Waals surface area contributed by atoms with Crippen molar-refractivity contribution >= 4 is 5.69 Å². The van der Waals surface area contributed by atoms with Gasteiger partial charge in [-0.3, -0.25) is 0 Å². The van der Waals surface area contributed by atoms with Gasteiger partial charge in [0.05, 0.1) is 0 Å². The van der Waals surface area contributed by atoms with E-state index in [1.807, 2.05) is 12.1 Å². The molecule has 1 saturated carbocycles. The number of hydrogen-bond acceptors (Lipinski definition) is 2. The smallest absolute Gasteiger partial charge is 0.0352 e. The largest absolute Gasteiger partial charge is 0.398 e. The van der Waals surface area contributed by atoms with Crippen LogP contribution in [0.1, 0.15) is 32.3 Å². The Morgan fingerprint density at radius 3 is 2.31 bits per heavy atom. The van der Waals surface area contributed by atoms with Crippen LogP contribution < -0.4 is 5.73 Å². The average Bonchev–Trinajstić information content (AvgIpc) is 3.07. The third kappa shape index (κ3) is 2.07. The van der Waals surface area contributed by atoms with Crippen LogP contribution in [0.25, 0.3) is 0 Å². The van der Waals surface area contributed by atoms with Crippen molar-refractivity contribution in [3.8, 4) is 0 Å². The molecule has 0 spiro atoms. The van der Waals surface area contributed by atoms with Crippen molar-refractivity contribution in [2.24, 2.45) is 0 Å². The minimum absolute atomic E-state index is 0.358. The second kappa shape index (κ2) is 4.46. The molecule has 2 heteroatoms. The summed E-state index contributed by atoms with van der Waals surface area (Å²) in [6, 6.07) is 8.35. The number of rotatable bonds is 5. The SMILES string of the molecule is CCN(CC)CC1(c2ccccc2N)CC1. The van der Waals surface area contributed by atoms with Crippen molar-refractivity contribution in [2.75, 3.05) is 25.4 Å². The normalized spacial score (nSPS) is 17.7. The van der Waals surface area contributed by atoms with Gasteiger partial charge in [0.15, 0.2) is 0 Å². The standard InChI is InChI=1S/C14H22N2/c1-3-16(4-2)11-14(9-10-14)12-7-5-6-8-13(12)15/h5-8H,3-4,9-11,15H2,1-2H3. The molecule has 2 rings (SSSR count). The molecule has 0 aromatic heterocycles. The lowest BCUT2D eigenvalue weighted by atomic mass is 9.93. The highest BCUT2D eigenvalue weighted by molar-refractivity contribution is 5.53. The first-order chi connectivity index (χ1) is 7.72. The summed E-state index contributed by atoms with van der Waals surface area (Å²) in [6.07, 6.45) is 2.58. The summed E-state index contributed by atoms with van der Waals surface area (Å²) >= 11 is 0. The van der Waals surface area contributed by atoms with Gasteiger partial charge in [-0.25, -0.2) is 0 Å². The van der Waals surface area contributed by atoms with Crippen LogP contribution >= 0.6 is 0 Å². The van der Waals surface area contributed by atoms with Gasteiger partial charge in [-0.1, -0.05) is 32.0 Å². The Labute approximate surface area is 98.4 Å². The van der Waals surface area contributed by atoms with Gasteiger partial charge in [0.2, 0.25) is 0 Å². The molecule has 1 aliphatic rings. The molecular formula is C14H22N2. The van der Waals surface area contributed by atoms with Crippen molar-refractivity contribution < 1.29 is 0 Å². The van der Waals surface area contributed by atoms with Crippen molar-refractivity contribution in [2.45, 2.75) is 32.1 Å². The molecule has 0 heterocycles. The summed E-state index contributed by atoms with van der Waals surface area (Å²) < 4.78 is 0. The van der Waals surface area contributed by atoms with E-state index in [-0.39, 0.29) is 0 Å². The summed E-state index contributed by atoms with van der Waals surface area (Å²) in [5.41, 5.74) is 8.77. The van der Waals surface area contributed by atoms with E-state index >= 15 is 0 Å². The fraction of sp³-hybridized carbons (Fsp3) is 0.571. The van der Waals surface area contributed by atoms with Crippen molar-refractivity contribution in [1.82, 2.24) is 4.90 Å². The minimum atomic E-state index is 0.358. The van der Waals surface area contributed by atoms with E-state index in [1.54, 1.807) is 0 Å². The lowest BCUT2D eigenvalue weighted by Crippen LogP contribution is -2.32. The zero-order valence-electron chi connectivity index (χ0n) is 10.4. The van der Waals surface area contributed by atoms with Crippen LogP contribution in [0.3, 0.4) is 0 Å². The van der Waals surface area contributed by atoms with Crippen LogP contribution in [0.2, 0.25) is 0 Å². The second-order valence-corrected chi connectivity index (χ2v) is 4.83. The first-order valence-corrected chi connectivity index (χ1v) is 6.29. The molecule has 16 heavy (non-hydrogen) atoms. The number of hydrogen-bond donors (Lipinski definition) is 1. The number of nitrogens with two attached hydrogens (primary N) is 1. The Hall–Kier alpha value is -1.02. The number of nitrogens with zero attached hydrogens (tertiary/aromatic N) is 1. The highest BCUT2D eigenvalue weighted by Crippen LogP contribution is 2.50. The Morgan fingerprint density at radius 1 is 1.19 bits per heavy atom. The van der Waals surface area contributed by atoms with Crippen molar-refractivity contribution in [3.05, 3.63) is 29.8 Å². The molecule has 0 unspecified atom stereocenters. The molecule has 0 amide bonds. The third-order valence-electron chi connectivity index (χ3n) is 3.81. The lowest BCUT2D eigenvalue weighted by molar-refractivity contribution is 0.275. The highest BCUT2D eigenvalue weighted by atomic mass is 15.1. The number of benzene rings is 1. The molecule has 1 aromatic carbocycles. The van der Waals surface area contributed by atoms with Crippen molar-refractivity contribution in [1.29, 1.82) is 0 Å². The molecule has 1 aromatic rings. The fourth-order valence-corrected chi connectivity index (χ4v) is 2.52. The zero-order chi connectivity index (χ0) is 11.6. The molecule has 88 valence electrons. The van der Waals surface area contributed by atoms with Crippen LogP contribution in [0.4, 0.5) is 5.69 Å². The summed E-state index contributed by atoms with van der Waals surface area (Å²) in [7, 11) is 0. The number of likely N-dealkylation sites (N-methyl/N-ethyl adjacent to an activating group) is 1. The Kier molecular flexibility index (Phi) is 3.20. The first-order valence-electron chi connectivity index (χ1n) is 6.29. The molecule has 0 bridgehead atoms. The monoisotopic (exact) mass is 218 g/mol. The van der Waals surface area contributed by atoms with E-state index in [4.69, 9.17) is 5.73 Å². The maximum absolute atomic E-state index is 6.09. The predicted molar refractivity (Wildman–Crippen MR) is 69.6 cm³/mol. The number of nitrogen functional groups attached to an aromatic ring is 1. The molecule has 1 aliphatic carbocycles. The van der Waals surface area contributed by atoms with Gasteiger partial charge in [-0.15, -0.1) is 0 Å². The van der Waals surface area contributed by atoms with E-state index in [2.05, 4.69) is 30.9 Å². The Balaban J connectivity index is 2.17. The van der Waals surface area contributed by atoms with Gasteiger partial charge >= 0.3 is 0 Å². The van der Waals surface area contributed by atoms with E-state index in [0.29, 0.717) is 5.41 Å². The molecule has 0 radical (unpaired) electrons. The van der Waals surface area contributed by atoms with Crippen LogP contribution in [0.5, 0.6) is 0 Å². The van der Waals surface area contributed by atoms with Gasteiger partial charge in [0.1, 0.15) is 0 Å². The van der Waals surface area contributed by atoms with E-state index in [1.165, 1.54) is 18.4 Å². The molecule has 2 nitrogen and oxygen atoms in total. The topological polar surface area (TPSA) is 29.3 Å². The van der Waals surface area contributed by atoms with E-state index < -0.39 is 0 Å². The van der Waals surface area contributed by atoms with Gasteiger partial charge in [-0.2, -0.15) is 0 Å². The average molecular weight is 218 g/mol. The van der Waals surface area contributed by atoms with Crippen LogP contribution in [0, 0.1) is 0 Å². The third-order valence-corrected chi connectivity index (χ3v) is 3.81. The molecule has 1 fully saturated rings. The predicted octanol–water partition coefficient (Wildman–Crippen LogP) is 2.64. The van der Waals surface area contributed by atoms with Crippen molar-refractivity contribution in [3.63, 3.8) is 0 Å². The minimum Gasteiger partial charge on any atom is -0.398 e. The number of para-hydroxylation sites is 1. The summed E-state index contributed by atoms with van der Waals surface area (Å²) in [4.78, 5) is 2.50. The molecule has 0 saturated heterocycles. The summed E-state index contributed by atoms with van der Waals surface area (Å²) in [5.74, 6) is 0. The van der Waals surface area contributed by atoms with E-state index in [9.17, 15) is 0 Å². The fourth-order valence-electron chi connectivity index (χ4n) is 2.52. The lowest BCUT2D eigenvalue weighted by Gasteiger charge is -2.26. The summed E-state index contributed by atoms with van der Waals surface area (Å²) in [6.45, 7) is 7.88. The maximum atomic E-state index is 6.09. The van der Waals surface area contributed by atoms with E-state index in [0.717, 1.165) is 25.3 Å². The highest BCUT2D eigenvalue weighted by Gasteiger charge is 2.45. The molecular weight excluding hydrogens is 196 g/mol. The maximum Gasteiger partial charge on any atom is 0.0352 e. The van der Waals surface area contributed by atoms with Crippen LogP contribution in [-0.2, 0) is 5.41 Å². The van der Waals surface area contributed by atoms with Crippen LogP contribution in [0.15, 0.2) is 24.3 Å². The molecule has 0 atom stereocenters. The zero-order valence-corrected chi connectivity index (χ0v) is 10.4. The molecule has 2 N–H and O–H groups in total. The van der Waals surface area contributed by atoms with Gasteiger partial charge in [0.25, 0.3) is 0 Å².